The highest BCUT2D eigenvalue weighted by Gasteiger charge is 2.20. The van der Waals surface area contributed by atoms with Gasteiger partial charge in [0.15, 0.2) is 0 Å². The van der Waals surface area contributed by atoms with E-state index in [1.807, 2.05) is 12.1 Å². The van der Waals surface area contributed by atoms with Crippen LogP contribution in [0.4, 0.5) is 0 Å². The molecule has 0 saturated carbocycles. The fourth-order valence-corrected chi connectivity index (χ4v) is 3.73. The second-order valence-corrected chi connectivity index (χ2v) is 6.79. The zero-order chi connectivity index (χ0) is 13.9. The van der Waals surface area contributed by atoms with Gasteiger partial charge in [0.05, 0.1) is 10.0 Å². The maximum Gasteiger partial charge on any atom is 0.0595 e. The molecule has 0 aromatic heterocycles. The highest BCUT2D eigenvalue weighted by atomic mass is 79.9. The SMILES string of the molecule is Br.Clc1cc2c(cc1Cl)CC(NCCN1CCCC1)CC2. The molecule has 1 heterocycles. The van der Waals surface area contributed by atoms with Crippen LogP contribution in [-0.2, 0) is 12.8 Å². The highest BCUT2D eigenvalue weighted by molar-refractivity contribution is 8.93. The molecule has 2 aliphatic rings. The average molecular weight is 394 g/mol. The van der Waals surface area contributed by atoms with Crippen molar-refractivity contribution in [3.8, 4) is 0 Å². The molecule has 21 heavy (non-hydrogen) atoms. The van der Waals surface area contributed by atoms with Gasteiger partial charge in [0.2, 0.25) is 0 Å². The number of nitrogens with zero attached hydrogens (tertiary/aromatic N) is 1. The summed E-state index contributed by atoms with van der Waals surface area (Å²) in [6.45, 7) is 4.85. The first-order valence-electron chi connectivity index (χ1n) is 7.65. The summed E-state index contributed by atoms with van der Waals surface area (Å²) in [5, 5.41) is 5.08. The molecule has 1 N–H and O–H groups in total. The number of nitrogens with one attached hydrogen (secondary N) is 1. The summed E-state index contributed by atoms with van der Waals surface area (Å²) in [4.78, 5) is 2.56. The molecule has 1 atom stereocenters. The van der Waals surface area contributed by atoms with Gasteiger partial charge in [-0.25, -0.2) is 0 Å². The van der Waals surface area contributed by atoms with Crippen molar-refractivity contribution < 1.29 is 0 Å². The number of hydrogen-bond acceptors (Lipinski definition) is 2. The van der Waals surface area contributed by atoms with E-state index in [2.05, 4.69) is 10.2 Å². The molecule has 0 spiro atoms. The predicted octanol–water partition coefficient (Wildman–Crippen LogP) is 4.11. The molecule has 3 rings (SSSR count). The van der Waals surface area contributed by atoms with E-state index < -0.39 is 0 Å². The number of hydrogen-bond donors (Lipinski definition) is 1. The van der Waals surface area contributed by atoms with Crippen LogP contribution < -0.4 is 5.32 Å². The van der Waals surface area contributed by atoms with Crippen molar-refractivity contribution >= 4 is 40.2 Å². The Bertz CT molecular complexity index is 476. The normalized spacial score (nSPS) is 21.9. The number of aryl methyl sites for hydroxylation is 1. The van der Waals surface area contributed by atoms with Gasteiger partial charge in [0.1, 0.15) is 0 Å². The van der Waals surface area contributed by atoms with Crippen LogP contribution >= 0.6 is 40.2 Å². The van der Waals surface area contributed by atoms with Gasteiger partial charge in [0.25, 0.3) is 0 Å². The lowest BCUT2D eigenvalue weighted by Crippen LogP contribution is -2.39. The predicted molar refractivity (Wildman–Crippen MR) is 96.3 cm³/mol. The lowest BCUT2D eigenvalue weighted by Gasteiger charge is -2.27. The third-order valence-electron chi connectivity index (χ3n) is 4.53. The minimum absolute atomic E-state index is 0. The second-order valence-electron chi connectivity index (χ2n) is 5.98. The topological polar surface area (TPSA) is 15.3 Å². The standard InChI is InChI=1S/C16H22Cl2N2.BrH/c17-15-10-12-3-4-14(9-13(12)11-16(15)18)19-5-8-20-6-1-2-7-20;/h10-11,14,19H,1-9H2;1H. The summed E-state index contributed by atoms with van der Waals surface area (Å²) < 4.78 is 0. The molecule has 0 bridgehead atoms. The van der Waals surface area contributed by atoms with Gasteiger partial charge in [-0.2, -0.15) is 0 Å². The maximum absolute atomic E-state index is 6.12. The minimum Gasteiger partial charge on any atom is -0.312 e. The Morgan fingerprint density at radius 1 is 1.10 bits per heavy atom. The summed E-state index contributed by atoms with van der Waals surface area (Å²) in [7, 11) is 0. The van der Waals surface area contributed by atoms with Crippen molar-refractivity contribution in [3.05, 3.63) is 33.3 Å². The summed E-state index contributed by atoms with van der Waals surface area (Å²) in [6.07, 6.45) is 6.12. The summed E-state index contributed by atoms with van der Waals surface area (Å²) >= 11 is 12.2. The van der Waals surface area contributed by atoms with Gasteiger partial charge < -0.3 is 10.2 Å². The van der Waals surface area contributed by atoms with Crippen LogP contribution in [-0.4, -0.2) is 37.1 Å². The molecule has 0 radical (unpaired) electrons. The van der Waals surface area contributed by atoms with Crippen LogP contribution in [0, 0.1) is 0 Å². The molecule has 118 valence electrons. The molecule has 1 saturated heterocycles. The largest absolute Gasteiger partial charge is 0.312 e. The number of benzene rings is 1. The van der Waals surface area contributed by atoms with Gasteiger partial charge in [0, 0.05) is 19.1 Å². The lowest BCUT2D eigenvalue weighted by molar-refractivity contribution is 0.322. The fraction of sp³-hybridized carbons (Fsp3) is 0.625. The summed E-state index contributed by atoms with van der Waals surface area (Å²) in [5.41, 5.74) is 2.74. The molecule has 1 fully saturated rings. The Morgan fingerprint density at radius 3 is 2.48 bits per heavy atom. The van der Waals surface area contributed by atoms with Crippen LogP contribution in [0.25, 0.3) is 0 Å². The van der Waals surface area contributed by atoms with E-state index in [1.165, 1.54) is 50.0 Å². The van der Waals surface area contributed by atoms with Crippen molar-refractivity contribution in [2.45, 2.75) is 38.1 Å². The van der Waals surface area contributed by atoms with Crippen LogP contribution in [0.2, 0.25) is 10.0 Å². The molecule has 1 aliphatic heterocycles. The molecule has 5 heteroatoms. The van der Waals surface area contributed by atoms with Gasteiger partial charge in [-0.3, -0.25) is 0 Å². The van der Waals surface area contributed by atoms with E-state index in [0.717, 1.165) is 19.4 Å². The van der Waals surface area contributed by atoms with Crippen molar-refractivity contribution in [2.24, 2.45) is 0 Å². The minimum atomic E-state index is 0. The Labute approximate surface area is 147 Å². The molecule has 0 amide bonds. The van der Waals surface area contributed by atoms with Crippen molar-refractivity contribution in [3.63, 3.8) is 0 Å². The van der Waals surface area contributed by atoms with Gasteiger partial charge in [-0.15, -0.1) is 17.0 Å². The number of halogens is 3. The maximum atomic E-state index is 6.12. The second kappa shape index (κ2) is 8.16. The number of fused-ring (bicyclic) bond motifs is 1. The van der Waals surface area contributed by atoms with E-state index in [1.54, 1.807) is 0 Å². The summed E-state index contributed by atoms with van der Waals surface area (Å²) in [6, 6.07) is 4.68. The van der Waals surface area contributed by atoms with Crippen molar-refractivity contribution in [1.82, 2.24) is 10.2 Å². The lowest BCUT2D eigenvalue weighted by atomic mass is 9.88. The van der Waals surface area contributed by atoms with E-state index >= 15 is 0 Å². The average Bonchev–Trinajstić information content (AvgIpc) is 2.93. The Kier molecular flexibility index (Phi) is 6.82. The Hall–Kier alpha value is 0.200. The number of likely N-dealkylation sites (tertiary alicyclic amines) is 1. The first-order valence-corrected chi connectivity index (χ1v) is 8.40. The van der Waals surface area contributed by atoms with E-state index in [0.29, 0.717) is 16.1 Å². The van der Waals surface area contributed by atoms with Crippen LogP contribution in [0.15, 0.2) is 12.1 Å². The quantitative estimate of drug-likeness (QED) is 0.827. The smallest absolute Gasteiger partial charge is 0.0595 e. The zero-order valence-corrected chi connectivity index (χ0v) is 15.4. The van der Waals surface area contributed by atoms with E-state index in [9.17, 15) is 0 Å². The molecule has 1 aliphatic carbocycles. The van der Waals surface area contributed by atoms with Gasteiger partial charge in [-0.05, 0) is 68.5 Å². The zero-order valence-electron chi connectivity index (χ0n) is 12.2. The molecule has 1 unspecified atom stereocenters. The van der Waals surface area contributed by atoms with Gasteiger partial charge >= 0.3 is 0 Å². The van der Waals surface area contributed by atoms with Gasteiger partial charge in [-0.1, -0.05) is 23.2 Å². The van der Waals surface area contributed by atoms with Crippen molar-refractivity contribution in [1.29, 1.82) is 0 Å². The monoisotopic (exact) mass is 392 g/mol. The molecular formula is C16H23BrCl2N2. The third kappa shape index (κ3) is 4.59. The van der Waals surface area contributed by atoms with Crippen LogP contribution in [0.1, 0.15) is 30.4 Å². The first kappa shape index (κ1) is 17.6. The molecule has 1 aromatic rings. The number of rotatable bonds is 4. The highest BCUT2D eigenvalue weighted by Crippen LogP contribution is 2.30. The Morgan fingerprint density at radius 2 is 1.76 bits per heavy atom. The van der Waals surface area contributed by atoms with Crippen LogP contribution in [0.5, 0.6) is 0 Å². The third-order valence-corrected chi connectivity index (χ3v) is 5.25. The molecule has 1 aromatic carbocycles. The van der Waals surface area contributed by atoms with Crippen molar-refractivity contribution in [2.75, 3.05) is 26.2 Å². The first-order chi connectivity index (χ1) is 9.72. The molecule has 2 nitrogen and oxygen atoms in total. The summed E-state index contributed by atoms with van der Waals surface area (Å²) in [5.74, 6) is 0. The van der Waals surface area contributed by atoms with E-state index in [4.69, 9.17) is 23.2 Å². The molecular weight excluding hydrogens is 371 g/mol. The van der Waals surface area contributed by atoms with E-state index in [-0.39, 0.29) is 17.0 Å². The Balaban J connectivity index is 0.00000161. The van der Waals surface area contributed by atoms with Crippen LogP contribution in [0.3, 0.4) is 0 Å². The fourth-order valence-electron chi connectivity index (χ4n) is 3.36.